The van der Waals surface area contributed by atoms with Crippen molar-refractivity contribution < 1.29 is 29.0 Å². The summed E-state index contributed by atoms with van der Waals surface area (Å²) in [4.78, 5) is 32.1. The molecule has 6 rings (SSSR count). The average Bonchev–Trinajstić information content (AvgIpc) is 3.38. The third-order valence-electron chi connectivity index (χ3n) is 10.5. The lowest BCUT2D eigenvalue weighted by Gasteiger charge is -2.62. The molecular weight excluding hydrogens is 475 g/mol. The van der Waals surface area contributed by atoms with E-state index in [4.69, 9.17) is 10.1 Å². The van der Waals surface area contributed by atoms with Crippen LogP contribution in [0.3, 0.4) is 0 Å². The molecule has 37 heavy (non-hydrogen) atoms. The molecule has 4 aliphatic carbocycles. The largest absolute Gasteiger partial charge is 0.390 e. The van der Waals surface area contributed by atoms with Crippen LogP contribution in [0.4, 0.5) is 10.1 Å². The van der Waals surface area contributed by atoms with Crippen LogP contribution >= 0.6 is 0 Å². The number of alkyl halides is 1. The maximum atomic E-state index is 17.4. The number of hydroxylamine groups is 1. The molecule has 0 amide bonds. The number of carbonyl (C=O) groups is 2. The molecule has 0 bridgehead atoms. The lowest BCUT2D eigenvalue weighted by Crippen LogP contribution is -2.69. The van der Waals surface area contributed by atoms with E-state index in [2.05, 4.69) is 6.07 Å². The zero-order valence-corrected chi connectivity index (χ0v) is 21.0. The van der Waals surface area contributed by atoms with E-state index in [0.29, 0.717) is 42.6 Å². The van der Waals surface area contributed by atoms with E-state index in [1.54, 1.807) is 42.3 Å². The SMILES string of the molecule is C[C@]12C=CC(=O)C=C1CC[C@H]1[C@@H]3C[C@H]4CN(c5ccc(C#N)cc5)O[C@@]4(C(=O)CO)[C@@]3(C)C[C@H](O)[C@@]12F. The molecule has 194 valence electrons. The first-order valence-electron chi connectivity index (χ1n) is 13.0. The highest BCUT2D eigenvalue weighted by Crippen LogP contribution is 2.72. The second-order valence-electron chi connectivity index (χ2n) is 11.8. The molecule has 4 fully saturated rings. The second-order valence-corrected chi connectivity index (χ2v) is 11.8. The Hall–Kier alpha value is -2.86. The molecule has 3 saturated carbocycles. The first kappa shape index (κ1) is 24.5. The van der Waals surface area contributed by atoms with Crippen molar-refractivity contribution in [3.63, 3.8) is 0 Å². The van der Waals surface area contributed by atoms with Gasteiger partial charge in [-0.1, -0.05) is 18.6 Å². The fourth-order valence-electron chi connectivity index (χ4n) is 8.73. The van der Waals surface area contributed by atoms with Crippen LogP contribution in [0.5, 0.6) is 0 Å². The number of hydrogen-bond donors (Lipinski definition) is 2. The van der Waals surface area contributed by atoms with Crippen molar-refractivity contribution in [1.82, 2.24) is 0 Å². The quantitative estimate of drug-likeness (QED) is 0.648. The number of anilines is 1. The topological polar surface area (TPSA) is 111 Å². The van der Waals surface area contributed by atoms with Crippen LogP contribution in [-0.2, 0) is 14.4 Å². The van der Waals surface area contributed by atoms with Crippen LogP contribution in [0.1, 0.15) is 45.1 Å². The molecule has 1 heterocycles. The highest BCUT2D eigenvalue weighted by Gasteiger charge is 2.78. The Morgan fingerprint density at radius 2 is 2.00 bits per heavy atom. The molecule has 0 spiro atoms. The van der Waals surface area contributed by atoms with Crippen LogP contribution in [-0.4, -0.2) is 52.3 Å². The van der Waals surface area contributed by atoms with Gasteiger partial charge in [0.2, 0.25) is 0 Å². The first-order chi connectivity index (χ1) is 17.5. The molecule has 0 radical (unpaired) electrons. The molecule has 0 aromatic heterocycles. The Morgan fingerprint density at radius 1 is 1.27 bits per heavy atom. The van der Waals surface area contributed by atoms with Gasteiger partial charge >= 0.3 is 0 Å². The van der Waals surface area contributed by atoms with Crippen LogP contribution < -0.4 is 5.06 Å². The Balaban J connectivity index is 1.41. The zero-order valence-electron chi connectivity index (χ0n) is 21.0. The van der Waals surface area contributed by atoms with Gasteiger partial charge in [0.1, 0.15) is 6.61 Å². The van der Waals surface area contributed by atoms with Gasteiger partial charge in [-0.25, -0.2) is 4.39 Å². The van der Waals surface area contributed by atoms with Gasteiger partial charge in [0, 0.05) is 22.7 Å². The number of halogens is 1. The molecule has 1 aromatic rings. The summed E-state index contributed by atoms with van der Waals surface area (Å²) in [7, 11) is 0. The van der Waals surface area contributed by atoms with E-state index >= 15 is 4.39 Å². The van der Waals surface area contributed by atoms with Gasteiger partial charge in [0.15, 0.2) is 22.8 Å². The van der Waals surface area contributed by atoms with Crippen molar-refractivity contribution in [2.24, 2.45) is 28.6 Å². The van der Waals surface area contributed by atoms with Crippen LogP contribution in [0.15, 0.2) is 48.1 Å². The van der Waals surface area contributed by atoms with Gasteiger partial charge in [-0.05, 0) is 74.9 Å². The minimum atomic E-state index is -1.99. The maximum Gasteiger partial charge on any atom is 0.193 e. The van der Waals surface area contributed by atoms with E-state index in [1.807, 2.05) is 6.92 Å². The first-order valence-corrected chi connectivity index (χ1v) is 13.0. The predicted molar refractivity (Wildman–Crippen MR) is 132 cm³/mol. The number of Topliss-reactive ketones (excluding diaryl/α,β-unsaturated/α-hetero) is 1. The van der Waals surface area contributed by atoms with Crippen molar-refractivity contribution in [2.75, 3.05) is 18.2 Å². The molecule has 7 nitrogen and oxygen atoms in total. The Kier molecular flexibility index (Phi) is 5.18. The maximum absolute atomic E-state index is 17.4. The number of allylic oxidation sites excluding steroid dienone is 4. The summed E-state index contributed by atoms with van der Waals surface area (Å²) in [6.07, 6.45) is 4.67. The molecule has 0 unspecified atom stereocenters. The zero-order chi connectivity index (χ0) is 26.4. The Bertz CT molecular complexity index is 1290. The summed E-state index contributed by atoms with van der Waals surface area (Å²) in [6.45, 7) is 3.34. The number of hydrogen-bond acceptors (Lipinski definition) is 7. The molecule has 2 N–H and O–H groups in total. The number of nitriles is 1. The summed E-state index contributed by atoms with van der Waals surface area (Å²) in [5.41, 5.74) is -3.51. The number of carbonyl (C=O) groups excluding carboxylic acids is 2. The molecule has 1 aromatic carbocycles. The molecule has 1 saturated heterocycles. The van der Waals surface area contributed by atoms with E-state index in [9.17, 15) is 19.8 Å². The second kappa shape index (κ2) is 7.83. The van der Waals surface area contributed by atoms with Crippen molar-refractivity contribution in [2.45, 2.75) is 56.9 Å². The number of ketones is 2. The van der Waals surface area contributed by atoms with E-state index < -0.39 is 46.5 Å². The number of aliphatic hydroxyl groups is 2. The summed E-state index contributed by atoms with van der Waals surface area (Å²) >= 11 is 0. The lowest BCUT2D eigenvalue weighted by molar-refractivity contribution is -0.223. The van der Waals surface area contributed by atoms with Crippen molar-refractivity contribution in [3.8, 4) is 6.07 Å². The summed E-state index contributed by atoms with van der Waals surface area (Å²) < 4.78 is 17.4. The lowest BCUT2D eigenvalue weighted by atomic mass is 9.44. The number of nitrogens with zero attached hydrogens (tertiary/aromatic N) is 2. The highest BCUT2D eigenvalue weighted by atomic mass is 19.1. The molecular formula is C29H31FN2O5. The van der Waals surface area contributed by atoms with Gasteiger partial charge in [-0.2, -0.15) is 5.26 Å². The number of rotatable bonds is 3. The summed E-state index contributed by atoms with van der Waals surface area (Å²) in [5, 5.41) is 32.4. The third-order valence-corrected chi connectivity index (χ3v) is 10.5. The Morgan fingerprint density at radius 3 is 2.68 bits per heavy atom. The van der Waals surface area contributed by atoms with Gasteiger partial charge < -0.3 is 10.2 Å². The molecule has 1 aliphatic heterocycles. The van der Waals surface area contributed by atoms with Gasteiger partial charge in [-0.15, -0.1) is 0 Å². The van der Waals surface area contributed by atoms with Gasteiger partial charge in [0.25, 0.3) is 0 Å². The number of aliphatic hydroxyl groups excluding tert-OH is 2. The minimum absolute atomic E-state index is 0.00122. The standard InChI is InChI=1S/C29H31FN2O5/c1-26-10-9-21(34)11-18(26)5-8-22-23-12-19-15-32(20-6-3-17(14-31)4-7-20)37-29(19,25(36)16-33)27(23,2)13-24(35)28(22,26)30/h3-4,6-7,9-11,19,22-24,33,35H,5,8,12-13,15-16H2,1-2H3/t19-,22-,23-,24-,26-,27-,28-,29-/m0/s1. The Labute approximate surface area is 215 Å². The summed E-state index contributed by atoms with van der Waals surface area (Å²) in [5.74, 6) is -1.72. The fourth-order valence-corrected chi connectivity index (χ4v) is 8.73. The van der Waals surface area contributed by atoms with Crippen LogP contribution in [0.2, 0.25) is 0 Å². The van der Waals surface area contributed by atoms with E-state index in [-0.39, 0.29) is 24.0 Å². The normalized spacial score (nSPS) is 43.8. The molecule has 5 aliphatic rings. The fraction of sp³-hybridized carbons (Fsp3) is 0.552. The van der Waals surface area contributed by atoms with Gasteiger partial charge in [0.05, 0.1) is 30.0 Å². The number of benzene rings is 1. The third kappa shape index (κ3) is 2.85. The molecule has 8 atom stereocenters. The predicted octanol–water partition coefficient (Wildman–Crippen LogP) is 3.21. The van der Waals surface area contributed by atoms with Crippen LogP contribution in [0, 0.1) is 39.9 Å². The highest BCUT2D eigenvalue weighted by molar-refractivity contribution is 6.01. The van der Waals surface area contributed by atoms with Gasteiger partial charge in [-0.3, -0.25) is 19.5 Å². The van der Waals surface area contributed by atoms with Crippen molar-refractivity contribution >= 4 is 17.3 Å². The average molecular weight is 507 g/mol. The van der Waals surface area contributed by atoms with E-state index in [0.717, 1.165) is 0 Å². The smallest absolute Gasteiger partial charge is 0.193 e. The van der Waals surface area contributed by atoms with Crippen molar-refractivity contribution in [3.05, 3.63) is 53.6 Å². The monoisotopic (exact) mass is 506 g/mol. The molecule has 8 heteroatoms. The van der Waals surface area contributed by atoms with Crippen molar-refractivity contribution in [1.29, 1.82) is 5.26 Å². The number of fused-ring (bicyclic) bond motifs is 7. The summed E-state index contributed by atoms with van der Waals surface area (Å²) in [6, 6.07) is 8.95. The van der Waals surface area contributed by atoms with E-state index in [1.165, 1.54) is 12.2 Å². The minimum Gasteiger partial charge on any atom is -0.390 e. The van der Waals surface area contributed by atoms with Crippen LogP contribution in [0.25, 0.3) is 0 Å².